The van der Waals surface area contributed by atoms with E-state index in [9.17, 15) is 4.39 Å². The first kappa shape index (κ1) is 12.5. The van der Waals surface area contributed by atoms with Crippen molar-refractivity contribution < 1.29 is 9.13 Å². The van der Waals surface area contributed by atoms with E-state index in [1.165, 1.54) is 18.2 Å². The number of nitrogen functional groups attached to an aromatic ring is 1. The SMILES string of the molecule is Cc1nc(NN)cc(Oc2ccc(F)cc2Cl)n1. The van der Waals surface area contributed by atoms with Gasteiger partial charge in [-0.25, -0.2) is 15.2 Å². The molecule has 0 spiro atoms. The largest absolute Gasteiger partial charge is 0.437 e. The van der Waals surface area contributed by atoms with Crippen LogP contribution in [0.15, 0.2) is 24.3 Å². The number of hydrazine groups is 1. The van der Waals surface area contributed by atoms with Crippen molar-refractivity contribution in [1.82, 2.24) is 9.97 Å². The van der Waals surface area contributed by atoms with Gasteiger partial charge in [-0.15, -0.1) is 0 Å². The summed E-state index contributed by atoms with van der Waals surface area (Å²) in [6.45, 7) is 1.69. The predicted octanol–water partition coefficient (Wildman–Crippen LogP) is 2.66. The van der Waals surface area contributed by atoms with Gasteiger partial charge < -0.3 is 10.2 Å². The molecule has 0 fully saturated rings. The molecule has 5 nitrogen and oxygen atoms in total. The zero-order chi connectivity index (χ0) is 13.1. The third kappa shape index (κ3) is 2.85. The molecule has 18 heavy (non-hydrogen) atoms. The molecule has 1 aromatic heterocycles. The van der Waals surface area contributed by atoms with E-state index in [-0.39, 0.29) is 10.9 Å². The zero-order valence-corrected chi connectivity index (χ0v) is 10.2. The Kier molecular flexibility index (Phi) is 3.59. The van der Waals surface area contributed by atoms with Gasteiger partial charge in [-0.1, -0.05) is 11.6 Å². The van der Waals surface area contributed by atoms with Crippen LogP contribution < -0.4 is 16.0 Å². The number of nitrogens with zero attached hydrogens (tertiary/aromatic N) is 2. The number of halogens is 2. The first-order valence-electron chi connectivity index (χ1n) is 5.03. The van der Waals surface area contributed by atoms with E-state index in [1.807, 2.05) is 0 Å². The summed E-state index contributed by atoms with van der Waals surface area (Å²) in [5.74, 6) is 6.29. The molecular formula is C11H10ClFN4O. The second kappa shape index (κ2) is 5.16. The number of hydrogen-bond donors (Lipinski definition) is 2. The van der Waals surface area contributed by atoms with E-state index in [0.29, 0.717) is 17.4 Å². The molecule has 2 rings (SSSR count). The number of benzene rings is 1. The van der Waals surface area contributed by atoms with Crippen LogP contribution >= 0.6 is 11.6 Å². The molecule has 1 aromatic carbocycles. The number of hydrogen-bond acceptors (Lipinski definition) is 5. The molecule has 94 valence electrons. The number of anilines is 1. The van der Waals surface area contributed by atoms with E-state index in [1.54, 1.807) is 6.92 Å². The van der Waals surface area contributed by atoms with E-state index in [2.05, 4.69) is 15.4 Å². The molecule has 0 saturated heterocycles. The average molecular weight is 269 g/mol. The Morgan fingerprint density at radius 1 is 1.33 bits per heavy atom. The van der Waals surface area contributed by atoms with Crippen LogP contribution in [0.5, 0.6) is 11.6 Å². The fraction of sp³-hybridized carbons (Fsp3) is 0.0909. The van der Waals surface area contributed by atoms with E-state index in [4.69, 9.17) is 22.2 Å². The fourth-order valence-electron chi connectivity index (χ4n) is 1.34. The topological polar surface area (TPSA) is 73.1 Å². The molecule has 0 atom stereocenters. The minimum Gasteiger partial charge on any atom is -0.437 e. The van der Waals surface area contributed by atoms with Crippen molar-refractivity contribution in [2.75, 3.05) is 5.43 Å². The van der Waals surface area contributed by atoms with Crippen molar-refractivity contribution in [3.05, 3.63) is 40.9 Å². The molecule has 0 unspecified atom stereocenters. The van der Waals surface area contributed by atoms with Crippen molar-refractivity contribution in [2.45, 2.75) is 6.92 Å². The highest BCUT2D eigenvalue weighted by molar-refractivity contribution is 6.32. The third-order valence-electron chi connectivity index (χ3n) is 2.07. The van der Waals surface area contributed by atoms with Crippen LogP contribution in [0, 0.1) is 12.7 Å². The minimum absolute atomic E-state index is 0.161. The Balaban J connectivity index is 2.30. The number of nitrogens with two attached hydrogens (primary N) is 1. The first-order chi connectivity index (χ1) is 8.58. The molecule has 0 bridgehead atoms. The van der Waals surface area contributed by atoms with Crippen LogP contribution in [-0.2, 0) is 0 Å². The highest BCUT2D eigenvalue weighted by Gasteiger charge is 2.07. The summed E-state index contributed by atoms with van der Waals surface area (Å²) in [6, 6.07) is 5.34. The fourth-order valence-corrected chi connectivity index (χ4v) is 1.54. The number of rotatable bonds is 3. The molecule has 0 radical (unpaired) electrons. The lowest BCUT2D eigenvalue weighted by molar-refractivity contribution is 0.459. The Bertz CT molecular complexity index is 579. The van der Waals surface area contributed by atoms with Gasteiger partial charge in [-0.05, 0) is 25.1 Å². The van der Waals surface area contributed by atoms with Gasteiger partial charge in [0.25, 0.3) is 0 Å². The minimum atomic E-state index is -0.435. The van der Waals surface area contributed by atoms with Crippen molar-refractivity contribution in [1.29, 1.82) is 0 Å². The highest BCUT2D eigenvalue weighted by atomic mass is 35.5. The maximum Gasteiger partial charge on any atom is 0.224 e. The summed E-state index contributed by atoms with van der Waals surface area (Å²) < 4.78 is 18.3. The molecule has 7 heteroatoms. The van der Waals surface area contributed by atoms with Crippen LogP contribution in [0.4, 0.5) is 10.2 Å². The lowest BCUT2D eigenvalue weighted by Gasteiger charge is -2.08. The standard InChI is InChI=1S/C11H10ClFN4O/c1-6-15-10(17-14)5-11(16-6)18-9-3-2-7(13)4-8(9)12/h2-5H,14H2,1H3,(H,15,16,17). The average Bonchev–Trinajstić information content (AvgIpc) is 2.32. The van der Waals surface area contributed by atoms with Gasteiger partial charge in [0.15, 0.2) is 0 Å². The molecular weight excluding hydrogens is 259 g/mol. The Morgan fingerprint density at radius 3 is 2.78 bits per heavy atom. The van der Waals surface area contributed by atoms with Crippen LogP contribution in [0.2, 0.25) is 5.02 Å². The first-order valence-corrected chi connectivity index (χ1v) is 5.41. The van der Waals surface area contributed by atoms with Crippen LogP contribution in [0.1, 0.15) is 5.82 Å². The normalized spacial score (nSPS) is 10.2. The number of aryl methyl sites for hydroxylation is 1. The van der Waals surface area contributed by atoms with Crippen molar-refractivity contribution >= 4 is 17.4 Å². The second-order valence-electron chi connectivity index (χ2n) is 3.46. The molecule has 0 aliphatic carbocycles. The van der Waals surface area contributed by atoms with Gasteiger partial charge >= 0.3 is 0 Å². The number of aromatic nitrogens is 2. The summed E-state index contributed by atoms with van der Waals surface area (Å²) in [5.41, 5.74) is 2.39. The number of ether oxygens (including phenoxy) is 1. The predicted molar refractivity (Wildman–Crippen MR) is 66.1 cm³/mol. The maximum absolute atomic E-state index is 12.9. The molecule has 3 N–H and O–H groups in total. The van der Waals surface area contributed by atoms with E-state index >= 15 is 0 Å². The van der Waals surface area contributed by atoms with Crippen LogP contribution in [-0.4, -0.2) is 9.97 Å². The molecule has 2 aromatic rings. The van der Waals surface area contributed by atoms with Gasteiger partial charge in [-0.3, -0.25) is 0 Å². The smallest absolute Gasteiger partial charge is 0.224 e. The molecule has 0 amide bonds. The lowest BCUT2D eigenvalue weighted by atomic mass is 10.3. The van der Waals surface area contributed by atoms with Gasteiger partial charge in [0, 0.05) is 6.07 Å². The Hall–Kier alpha value is -1.92. The van der Waals surface area contributed by atoms with Crippen LogP contribution in [0.3, 0.4) is 0 Å². The number of nitrogens with one attached hydrogen (secondary N) is 1. The zero-order valence-electron chi connectivity index (χ0n) is 9.45. The van der Waals surface area contributed by atoms with Crippen molar-refractivity contribution in [3.8, 4) is 11.6 Å². The lowest BCUT2D eigenvalue weighted by Crippen LogP contribution is -2.09. The summed E-state index contributed by atoms with van der Waals surface area (Å²) in [6.07, 6.45) is 0. The van der Waals surface area contributed by atoms with Gasteiger partial charge in [0.05, 0.1) is 5.02 Å². The van der Waals surface area contributed by atoms with Crippen molar-refractivity contribution in [3.63, 3.8) is 0 Å². The second-order valence-corrected chi connectivity index (χ2v) is 3.87. The maximum atomic E-state index is 12.9. The molecule has 1 heterocycles. The Labute approximate surface area is 108 Å². The van der Waals surface area contributed by atoms with Crippen LogP contribution in [0.25, 0.3) is 0 Å². The Morgan fingerprint density at radius 2 is 2.11 bits per heavy atom. The van der Waals surface area contributed by atoms with Gasteiger partial charge in [0.1, 0.15) is 23.2 Å². The highest BCUT2D eigenvalue weighted by Crippen LogP contribution is 2.29. The van der Waals surface area contributed by atoms with E-state index in [0.717, 1.165) is 6.07 Å². The third-order valence-corrected chi connectivity index (χ3v) is 2.37. The summed E-state index contributed by atoms with van der Waals surface area (Å²) >= 11 is 5.84. The van der Waals surface area contributed by atoms with E-state index < -0.39 is 5.82 Å². The van der Waals surface area contributed by atoms with Crippen molar-refractivity contribution in [2.24, 2.45) is 5.84 Å². The monoisotopic (exact) mass is 268 g/mol. The molecule has 0 saturated carbocycles. The summed E-state index contributed by atoms with van der Waals surface area (Å²) in [7, 11) is 0. The van der Waals surface area contributed by atoms with Gasteiger partial charge in [0.2, 0.25) is 5.88 Å². The summed E-state index contributed by atoms with van der Waals surface area (Å²) in [4.78, 5) is 8.07. The summed E-state index contributed by atoms with van der Waals surface area (Å²) in [5, 5.41) is 0.161. The molecule has 0 aliphatic heterocycles. The quantitative estimate of drug-likeness (QED) is 0.661. The molecule has 0 aliphatic rings. The van der Waals surface area contributed by atoms with Gasteiger partial charge in [-0.2, -0.15) is 4.98 Å².